The van der Waals surface area contributed by atoms with Gasteiger partial charge in [-0.25, -0.2) is 0 Å². The van der Waals surface area contributed by atoms with Crippen LogP contribution in [0.1, 0.15) is 16.7 Å². The van der Waals surface area contributed by atoms with E-state index in [0.29, 0.717) is 5.41 Å². The van der Waals surface area contributed by atoms with E-state index < -0.39 is 0 Å². The van der Waals surface area contributed by atoms with Gasteiger partial charge in [0.2, 0.25) is 0 Å². The highest BCUT2D eigenvalue weighted by molar-refractivity contribution is 5.62. The van der Waals surface area contributed by atoms with Gasteiger partial charge in [-0.2, -0.15) is 0 Å². The summed E-state index contributed by atoms with van der Waals surface area (Å²) in [6.07, 6.45) is 1.33. The maximum atomic E-state index is 2.37. The Morgan fingerprint density at radius 2 is 1.53 bits per heavy atom. The lowest BCUT2D eigenvalue weighted by Crippen LogP contribution is -2.31. The summed E-state index contributed by atoms with van der Waals surface area (Å²) >= 11 is 0. The van der Waals surface area contributed by atoms with Crippen LogP contribution in [-0.2, 0) is 11.8 Å². The van der Waals surface area contributed by atoms with E-state index in [4.69, 9.17) is 0 Å². The third-order valence-corrected chi connectivity index (χ3v) is 5.28. The van der Waals surface area contributed by atoms with Crippen molar-refractivity contribution in [2.75, 3.05) is 0 Å². The van der Waals surface area contributed by atoms with E-state index in [1.54, 1.807) is 16.7 Å². The number of hydrogen-bond donors (Lipinski definition) is 0. The Morgan fingerprint density at radius 1 is 0.824 bits per heavy atom. The number of rotatable bonds is 1. The smallest absolute Gasteiger partial charge is 0.0274 e. The lowest BCUT2D eigenvalue weighted by molar-refractivity contribution is 0.424. The van der Waals surface area contributed by atoms with E-state index in [1.165, 1.54) is 6.42 Å². The predicted octanol–water partition coefficient (Wildman–Crippen LogP) is 3.40. The molecule has 2 unspecified atom stereocenters. The molecular weight excluding hydrogens is 204 g/mol. The molecule has 0 heterocycles. The molecule has 0 N–H and O–H groups in total. The first-order chi connectivity index (χ1) is 8.44. The van der Waals surface area contributed by atoms with Gasteiger partial charge in [0.1, 0.15) is 0 Å². The quantitative estimate of drug-likeness (QED) is 0.688. The minimum absolute atomic E-state index is 0.431. The number of benzene rings is 2. The molecule has 0 radical (unpaired) electrons. The zero-order chi connectivity index (χ0) is 11.0. The van der Waals surface area contributed by atoms with Crippen LogP contribution in [0.25, 0.3) is 0 Å². The first-order valence-corrected chi connectivity index (χ1v) is 6.58. The predicted molar refractivity (Wildman–Crippen MR) is 67.8 cm³/mol. The maximum absolute atomic E-state index is 2.37. The van der Waals surface area contributed by atoms with E-state index in [1.807, 2.05) is 0 Å². The van der Waals surface area contributed by atoms with E-state index in [9.17, 15) is 0 Å². The van der Waals surface area contributed by atoms with Crippen LogP contribution in [-0.4, -0.2) is 0 Å². The Kier molecular flexibility index (Phi) is 1.24. The van der Waals surface area contributed by atoms with Gasteiger partial charge < -0.3 is 0 Å². The fourth-order valence-electron chi connectivity index (χ4n) is 4.60. The highest BCUT2D eigenvalue weighted by Gasteiger charge is 2.85. The van der Waals surface area contributed by atoms with Crippen molar-refractivity contribution < 1.29 is 0 Å². The molecule has 6 rings (SSSR count). The summed E-state index contributed by atoms with van der Waals surface area (Å²) in [7, 11) is 0. The number of hydrogen-bond acceptors (Lipinski definition) is 0. The van der Waals surface area contributed by atoms with E-state index in [-0.39, 0.29) is 0 Å². The second kappa shape index (κ2) is 2.48. The molecule has 17 heavy (non-hydrogen) atoms. The van der Waals surface area contributed by atoms with Crippen LogP contribution >= 0.6 is 0 Å². The molecule has 2 fully saturated rings. The molecule has 0 nitrogen and oxygen atoms in total. The normalized spacial score (nSPS) is 39.2. The summed E-state index contributed by atoms with van der Waals surface area (Å²) < 4.78 is 0. The van der Waals surface area contributed by atoms with Gasteiger partial charge in [0.25, 0.3) is 0 Å². The highest BCUT2D eigenvalue weighted by atomic mass is 14.9. The van der Waals surface area contributed by atoms with Gasteiger partial charge >= 0.3 is 0 Å². The van der Waals surface area contributed by atoms with Crippen LogP contribution in [0, 0.1) is 17.8 Å². The molecule has 2 saturated carbocycles. The van der Waals surface area contributed by atoms with Crippen molar-refractivity contribution >= 4 is 0 Å². The Bertz CT molecular complexity index is 601. The van der Waals surface area contributed by atoms with Crippen molar-refractivity contribution in [2.45, 2.75) is 11.8 Å². The van der Waals surface area contributed by atoms with Crippen LogP contribution in [0.4, 0.5) is 0 Å². The van der Waals surface area contributed by atoms with Gasteiger partial charge in [0.05, 0.1) is 0 Å². The monoisotopic (exact) mass is 218 g/mol. The van der Waals surface area contributed by atoms with Crippen molar-refractivity contribution in [2.24, 2.45) is 17.8 Å². The van der Waals surface area contributed by atoms with Gasteiger partial charge in [0.15, 0.2) is 0 Å². The lowest BCUT2D eigenvalue weighted by Gasteiger charge is -2.35. The van der Waals surface area contributed by atoms with Gasteiger partial charge in [-0.15, -0.1) is 0 Å². The second-order valence-electron chi connectivity index (χ2n) is 5.81. The molecule has 0 spiro atoms. The molecule has 0 amide bonds. The summed E-state index contributed by atoms with van der Waals surface area (Å²) in [4.78, 5) is 0. The van der Waals surface area contributed by atoms with Crippen molar-refractivity contribution in [3.63, 3.8) is 0 Å². The standard InChI is InChI=1S/C17H14/c1-2-7-12(8-3-1)17-14-9-5-4-6-11(14)10-13-15(17)16(13)17/h1-9,13,15-16H,10H2. The Hall–Kier alpha value is -1.56. The molecule has 0 aromatic heterocycles. The van der Waals surface area contributed by atoms with E-state index in [0.717, 1.165) is 17.8 Å². The minimum atomic E-state index is 0.431. The van der Waals surface area contributed by atoms with Crippen molar-refractivity contribution in [1.82, 2.24) is 0 Å². The molecule has 0 heteroatoms. The van der Waals surface area contributed by atoms with Crippen molar-refractivity contribution in [1.29, 1.82) is 0 Å². The van der Waals surface area contributed by atoms with Crippen molar-refractivity contribution in [3.8, 4) is 0 Å². The fourth-order valence-corrected chi connectivity index (χ4v) is 4.60. The first kappa shape index (κ1) is 8.52. The third-order valence-electron chi connectivity index (χ3n) is 5.28. The summed E-state index contributed by atoms with van der Waals surface area (Å²) in [5, 5.41) is 0. The van der Waals surface area contributed by atoms with Crippen LogP contribution in [0.3, 0.4) is 0 Å². The molecule has 0 saturated heterocycles. The molecule has 4 aliphatic carbocycles. The SMILES string of the molecule is c1ccc(C23c4ccccc4CC4C2C43)cc1. The second-order valence-corrected chi connectivity index (χ2v) is 5.81. The highest BCUT2D eigenvalue weighted by Crippen LogP contribution is 2.86. The minimum Gasteiger partial charge on any atom is -0.0622 e. The maximum Gasteiger partial charge on any atom is 0.0274 e. The lowest BCUT2D eigenvalue weighted by atomic mass is 9.68. The summed E-state index contributed by atoms with van der Waals surface area (Å²) in [6.45, 7) is 0. The average molecular weight is 218 g/mol. The van der Waals surface area contributed by atoms with Crippen LogP contribution in [0.2, 0.25) is 0 Å². The zero-order valence-electron chi connectivity index (χ0n) is 9.64. The Labute approximate surface area is 101 Å². The largest absolute Gasteiger partial charge is 0.0622 e. The Balaban J connectivity index is 1.77. The molecule has 82 valence electrons. The fraction of sp³-hybridized carbons (Fsp3) is 0.294. The third kappa shape index (κ3) is 0.782. The molecule has 2 bridgehead atoms. The van der Waals surface area contributed by atoms with Crippen LogP contribution in [0.15, 0.2) is 54.6 Å². The summed E-state index contributed by atoms with van der Waals surface area (Å²) in [5.74, 6) is 2.95. The first-order valence-electron chi connectivity index (χ1n) is 6.58. The van der Waals surface area contributed by atoms with Gasteiger partial charge in [-0.3, -0.25) is 0 Å². The molecule has 4 aliphatic rings. The topological polar surface area (TPSA) is 0 Å². The average Bonchev–Trinajstić information content (AvgIpc) is 3.29. The molecule has 2 aromatic carbocycles. The zero-order valence-corrected chi connectivity index (χ0v) is 9.64. The van der Waals surface area contributed by atoms with Crippen molar-refractivity contribution in [3.05, 3.63) is 71.3 Å². The van der Waals surface area contributed by atoms with Crippen LogP contribution < -0.4 is 0 Å². The van der Waals surface area contributed by atoms with Gasteiger partial charge in [0, 0.05) is 5.41 Å². The molecule has 2 aromatic rings. The summed E-state index contributed by atoms with van der Waals surface area (Å²) in [5.41, 5.74) is 5.22. The molecule has 0 aliphatic heterocycles. The van der Waals surface area contributed by atoms with E-state index >= 15 is 0 Å². The molecular formula is C17H14. The van der Waals surface area contributed by atoms with E-state index in [2.05, 4.69) is 54.6 Å². The summed E-state index contributed by atoms with van der Waals surface area (Å²) in [6, 6.07) is 20.3. The molecule has 2 atom stereocenters. The van der Waals surface area contributed by atoms with Gasteiger partial charge in [-0.1, -0.05) is 54.6 Å². The Morgan fingerprint density at radius 3 is 2.35 bits per heavy atom. The van der Waals surface area contributed by atoms with Gasteiger partial charge in [-0.05, 0) is 40.9 Å². The van der Waals surface area contributed by atoms with Crippen LogP contribution in [0.5, 0.6) is 0 Å².